The zero-order valence-corrected chi connectivity index (χ0v) is 9.43. The van der Waals surface area contributed by atoms with Gasteiger partial charge in [0.2, 0.25) is 0 Å². The molecule has 0 heterocycles. The highest BCUT2D eigenvalue weighted by Crippen LogP contribution is 2.23. The van der Waals surface area contributed by atoms with Gasteiger partial charge in [-0.3, -0.25) is 4.79 Å². The van der Waals surface area contributed by atoms with E-state index in [1.165, 1.54) is 12.1 Å². The summed E-state index contributed by atoms with van der Waals surface area (Å²) in [6.45, 7) is 5.78. The molecule has 0 amide bonds. The van der Waals surface area contributed by atoms with Crippen LogP contribution in [0.5, 0.6) is 5.75 Å². The summed E-state index contributed by atoms with van der Waals surface area (Å²) in [5, 5.41) is 9.27. The molecule has 1 rings (SSSR count). The number of hydrogen-bond donors (Lipinski definition) is 1. The highest BCUT2D eigenvalue weighted by atomic mass is 35.5. The standard InChI is InChI=1S/C9H9ClO2.C2H6/c1-2-8(11)6-3-4-9(12)7(10)5-6;1-2/h3-5,12H,2H2,1H3;1-2H3. The Labute approximate surface area is 89.5 Å². The van der Waals surface area contributed by atoms with Gasteiger partial charge in [0.1, 0.15) is 5.75 Å². The molecule has 0 unspecified atom stereocenters. The monoisotopic (exact) mass is 214 g/mol. The maximum atomic E-state index is 11.1. The Hall–Kier alpha value is -1.02. The molecule has 14 heavy (non-hydrogen) atoms. The van der Waals surface area contributed by atoms with E-state index in [0.29, 0.717) is 12.0 Å². The Bertz CT molecular complexity index is 308. The molecule has 1 N–H and O–H groups in total. The van der Waals surface area contributed by atoms with Crippen LogP contribution in [0.15, 0.2) is 18.2 Å². The number of hydrogen-bond acceptors (Lipinski definition) is 2. The number of Topliss-reactive ketones (excluding diaryl/α,β-unsaturated/α-hetero) is 1. The van der Waals surface area contributed by atoms with Crippen molar-refractivity contribution in [3.05, 3.63) is 28.8 Å². The van der Waals surface area contributed by atoms with Crippen molar-refractivity contribution in [1.29, 1.82) is 0 Å². The third-order valence-electron chi connectivity index (χ3n) is 1.59. The maximum absolute atomic E-state index is 11.1. The molecule has 0 spiro atoms. The van der Waals surface area contributed by atoms with E-state index >= 15 is 0 Å². The molecule has 0 saturated heterocycles. The first-order valence-electron chi connectivity index (χ1n) is 4.67. The molecule has 0 atom stereocenters. The SMILES string of the molecule is CC.CCC(=O)c1ccc(O)c(Cl)c1. The minimum atomic E-state index is 0.00400. The molecule has 2 nitrogen and oxygen atoms in total. The first-order valence-corrected chi connectivity index (χ1v) is 5.04. The molecule has 3 heteroatoms. The van der Waals surface area contributed by atoms with Crippen molar-refractivity contribution >= 4 is 17.4 Å². The van der Waals surface area contributed by atoms with E-state index in [1.807, 2.05) is 13.8 Å². The number of halogens is 1. The van der Waals surface area contributed by atoms with Crippen LogP contribution in [0.1, 0.15) is 37.6 Å². The molecule has 0 radical (unpaired) electrons. The fourth-order valence-corrected chi connectivity index (χ4v) is 1.07. The smallest absolute Gasteiger partial charge is 0.162 e. The second-order valence-electron chi connectivity index (χ2n) is 2.44. The number of ketones is 1. The van der Waals surface area contributed by atoms with E-state index in [1.54, 1.807) is 13.0 Å². The van der Waals surface area contributed by atoms with Gasteiger partial charge in [-0.15, -0.1) is 0 Å². The summed E-state index contributed by atoms with van der Waals surface area (Å²) in [6.07, 6.45) is 0.446. The third kappa shape index (κ3) is 3.38. The van der Waals surface area contributed by atoms with Gasteiger partial charge in [-0.25, -0.2) is 0 Å². The molecule has 0 aliphatic carbocycles. The van der Waals surface area contributed by atoms with Gasteiger partial charge in [-0.05, 0) is 18.2 Å². The molecule has 78 valence electrons. The van der Waals surface area contributed by atoms with Crippen LogP contribution in [-0.2, 0) is 0 Å². The molecular weight excluding hydrogens is 200 g/mol. The lowest BCUT2D eigenvalue weighted by Crippen LogP contribution is -1.95. The van der Waals surface area contributed by atoms with E-state index in [0.717, 1.165) is 0 Å². The minimum Gasteiger partial charge on any atom is -0.506 e. The van der Waals surface area contributed by atoms with Crippen molar-refractivity contribution in [2.75, 3.05) is 0 Å². The Kier molecular flexibility index (Phi) is 5.97. The first kappa shape index (κ1) is 13.0. The second-order valence-corrected chi connectivity index (χ2v) is 2.85. The van der Waals surface area contributed by atoms with E-state index in [-0.39, 0.29) is 16.6 Å². The molecule has 0 fully saturated rings. The summed E-state index contributed by atoms with van der Waals surface area (Å²) >= 11 is 5.61. The van der Waals surface area contributed by atoms with Gasteiger partial charge in [-0.1, -0.05) is 32.4 Å². The lowest BCUT2D eigenvalue weighted by molar-refractivity contribution is 0.0988. The van der Waals surface area contributed by atoms with Crippen molar-refractivity contribution in [2.45, 2.75) is 27.2 Å². The van der Waals surface area contributed by atoms with Crippen LogP contribution in [0.3, 0.4) is 0 Å². The average molecular weight is 215 g/mol. The number of phenols is 1. The van der Waals surface area contributed by atoms with Gasteiger partial charge in [-0.2, -0.15) is 0 Å². The Morgan fingerprint density at radius 2 is 2.00 bits per heavy atom. The number of carbonyl (C=O) groups is 1. The highest BCUT2D eigenvalue weighted by molar-refractivity contribution is 6.32. The number of aromatic hydroxyl groups is 1. The van der Waals surface area contributed by atoms with Crippen molar-refractivity contribution in [1.82, 2.24) is 0 Å². The number of carbonyl (C=O) groups excluding carboxylic acids is 1. The van der Waals surface area contributed by atoms with Crippen LogP contribution in [0, 0.1) is 0 Å². The number of rotatable bonds is 2. The Morgan fingerprint density at radius 3 is 2.43 bits per heavy atom. The molecular formula is C11H15ClO2. The molecule has 1 aromatic carbocycles. The van der Waals surface area contributed by atoms with Crippen LogP contribution >= 0.6 is 11.6 Å². The number of benzene rings is 1. The van der Waals surface area contributed by atoms with Crippen LogP contribution in [0.4, 0.5) is 0 Å². The van der Waals surface area contributed by atoms with Crippen LogP contribution in [-0.4, -0.2) is 10.9 Å². The van der Waals surface area contributed by atoms with E-state index in [9.17, 15) is 4.79 Å². The van der Waals surface area contributed by atoms with Crippen LogP contribution in [0.2, 0.25) is 5.02 Å². The van der Waals surface area contributed by atoms with Crippen molar-refractivity contribution in [3.63, 3.8) is 0 Å². The van der Waals surface area contributed by atoms with Gasteiger partial charge >= 0.3 is 0 Å². The van der Waals surface area contributed by atoms with Gasteiger partial charge in [0.15, 0.2) is 5.78 Å². The van der Waals surface area contributed by atoms with Gasteiger partial charge in [0, 0.05) is 12.0 Å². The third-order valence-corrected chi connectivity index (χ3v) is 1.89. The van der Waals surface area contributed by atoms with Crippen LogP contribution in [0.25, 0.3) is 0 Å². The molecule has 0 aliphatic rings. The predicted octanol–water partition coefficient (Wildman–Crippen LogP) is 3.66. The summed E-state index contributed by atoms with van der Waals surface area (Å²) in [7, 11) is 0. The van der Waals surface area contributed by atoms with Crippen molar-refractivity contribution < 1.29 is 9.90 Å². The molecule has 0 aliphatic heterocycles. The second kappa shape index (κ2) is 6.44. The van der Waals surface area contributed by atoms with Gasteiger partial charge < -0.3 is 5.11 Å². The molecule has 0 saturated carbocycles. The van der Waals surface area contributed by atoms with Gasteiger partial charge in [0.05, 0.1) is 5.02 Å². The van der Waals surface area contributed by atoms with E-state index < -0.39 is 0 Å². The molecule has 1 aromatic rings. The number of phenolic OH excluding ortho intramolecular Hbond substituents is 1. The lowest BCUT2D eigenvalue weighted by Gasteiger charge is -1.99. The Balaban J connectivity index is 0.000000791. The zero-order chi connectivity index (χ0) is 11.1. The topological polar surface area (TPSA) is 37.3 Å². The fraction of sp³-hybridized carbons (Fsp3) is 0.364. The predicted molar refractivity (Wildman–Crippen MR) is 59.1 cm³/mol. The normalized spacial score (nSPS) is 8.86. The average Bonchev–Trinajstić information content (AvgIpc) is 2.24. The van der Waals surface area contributed by atoms with Gasteiger partial charge in [0.25, 0.3) is 0 Å². The molecule has 0 aromatic heterocycles. The minimum absolute atomic E-state index is 0.00400. The summed E-state index contributed by atoms with van der Waals surface area (Å²) in [5.74, 6) is 0.0289. The largest absolute Gasteiger partial charge is 0.506 e. The summed E-state index contributed by atoms with van der Waals surface area (Å²) in [6, 6.07) is 4.46. The first-order chi connectivity index (χ1) is 6.65. The zero-order valence-electron chi connectivity index (χ0n) is 8.67. The summed E-state index contributed by atoms with van der Waals surface area (Å²) < 4.78 is 0. The quantitative estimate of drug-likeness (QED) is 0.763. The lowest BCUT2D eigenvalue weighted by atomic mass is 10.1. The van der Waals surface area contributed by atoms with E-state index in [4.69, 9.17) is 16.7 Å². The van der Waals surface area contributed by atoms with E-state index in [2.05, 4.69) is 0 Å². The van der Waals surface area contributed by atoms with Crippen molar-refractivity contribution in [3.8, 4) is 5.75 Å². The summed E-state index contributed by atoms with van der Waals surface area (Å²) in [5.41, 5.74) is 0.542. The Morgan fingerprint density at radius 1 is 1.43 bits per heavy atom. The molecule has 0 bridgehead atoms. The van der Waals surface area contributed by atoms with Crippen molar-refractivity contribution in [2.24, 2.45) is 0 Å². The summed E-state index contributed by atoms with van der Waals surface area (Å²) in [4.78, 5) is 11.1. The highest BCUT2D eigenvalue weighted by Gasteiger charge is 2.05. The maximum Gasteiger partial charge on any atom is 0.162 e. The fourth-order valence-electron chi connectivity index (χ4n) is 0.884. The van der Waals surface area contributed by atoms with Crippen LogP contribution < -0.4 is 0 Å².